The molecule has 0 spiro atoms. The first kappa shape index (κ1) is 21.0. The predicted octanol–water partition coefficient (Wildman–Crippen LogP) is 5.73. The molecular formula is C26H26FN3O. The number of aromatic nitrogens is 1. The Labute approximate surface area is 182 Å². The zero-order chi connectivity index (χ0) is 21.8. The topological polar surface area (TPSA) is 65.8 Å². The van der Waals surface area contributed by atoms with Crippen molar-refractivity contribution in [2.75, 3.05) is 0 Å². The van der Waals surface area contributed by atoms with Crippen molar-refractivity contribution in [1.82, 2.24) is 10.3 Å². The minimum Gasteiger partial charge on any atom is -0.349 e. The standard InChI is InChI=1S/C26H26FN3O/c1-2-24(30-26(31)20-5-3-17(16-28)4-6-20)19-9-7-18(8-10-19)22-13-14-29-25-12-11-21(27)15-23(22)25/h3-6,11-15,18-19,24H,2,7-10H2,1H3,(H,30,31)/t18-,19+,24-/m0/s1. The van der Waals surface area contributed by atoms with E-state index in [-0.39, 0.29) is 17.8 Å². The van der Waals surface area contributed by atoms with E-state index in [0.717, 1.165) is 43.0 Å². The average molecular weight is 416 g/mol. The quantitative estimate of drug-likeness (QED) is 0.579. The highest BCUT2D eigenvalue weighted by molar-refractivity contribution is 5.94. The van der Waals surface area contributed by atoms with Crippen LogP contribution < -0.4 is 5.32 Å². The maximum Gasteiger partial charge on any atom is 0.251 e. The number of nitrogens with one attached hydrogen (secondary N) is 1. The van der Waals surface area contributed by atoms with Crippen LogP contribution in [0, 0.1) is 23.1 Å². The zero-order valence-electron chi connectivity index (χ0n) is 17.6. The summed E-state index contributed by atoms with van der Waals surface area (Å²) in [6, 6.07) is 15.7. The van der Waals surface area contributed by atoms with Crippen LogP contribution in [-0.4, -0.2) is 16.9 Å². The van der Waals surface area contributed by atoms with E-state index in [2.05, 4.69) is 23.3 Å². The number of nitrogens with zero attached hydrogens (tertiary/aromatic N) is 2. The summed E-state index contributed by atoms with van der Waals surface area (Å²) in [6.07, 6.45) is 6.77. The molecule has 1 aliphatic carbocycles. The lowest BCUT2D eigenvalue weighted by Gasteiger charge is -2.34. The molecule has 1 fully saturated rings. The molecule has 0 bridgehead atoms. The van der Waals surface area contributed by atoms with Gasteiger partial charge in [-0.15, -0.1) is 0 Å². The number of carbonyl (C=O) groups excluding carboxylic acids is 1. The Hall–Kier alpha value is -3.26. The number of rotatable bonds is 5. The van der Waals surface area contributed by atoms with E-state index in [4.69, 9.17) is 5.26 Å². The number of fused-ring (bicyclic) bond motifs is 1. The molecular weight excluding hydrogens is 389 g/mol. The summed E-state index contributed by atoms with van der Waals surface area (Å²) < 4.78 is 13.8. The molecule has 1 aromatic heterocycles. The average Bonchev–Trinajstić information content (AvgIpc) is 2.82. The molecule has 1 saturated carbocycles. The summed E-state index contributed by atoms with van der Waals surface area (Å²) in [5, 5.41) is 13.0. The molecule has 0 saturated heterocycles. The number of hydrogen-bond acceptors (Lipinski definition) is 3. The summed E-state index contributed by atoms with van der Waals surface area (Å²) >= 11 is 0. The Balaban J connectivity index is 1.42. The number of hydrogen-bond donors (Lipinski definition) is 1. The van der Waals surface area contributed by atoms with Gasteiger partial charge >= 0.3 is 0 Å². The Morgan fingerprint density at radius 2 is 1.90 bits per heavy atom. The SMILES string of the molecule is CC[C@H](NC(=O)c1ccc(C#N)cc1)[C@H]1CC[C@@H](c2ccnc3ccc(F)cc32)CC1. The van der Waals surface area contributed by atoms with E-state index < -0.39 is 0 Å². The molecule has 0 radical (unpaired) electrons. The van der Waals surface area contributed by atoms with Gasteiger partial charge in [0.1, 0.15) is 5.82 Å². The molecule has 158 valence electrons. The number of nitriles is 1. The maximum absolute atomic E-state index is 13.8. The summed E-state index contributed by atoms with van der Waals surface area (Å²) in [4.78, 5) is 17.1. The Kier molecular flexibility index (Phi) is 6.27. The lowest BCUT2D eigenvalue weighted by molar-refractivity contribution is 0.0909. The van der Waals surface area contributed by atoms with Gasteiger partial charge in [0.15, 0.2) is 0 Å². The van der Waals surface area contributed by atoms with Gasteiger partial charge < -0.3 is 5.32 Å². The molecule has 1 N–H and O–H groups in total. The van der Waals surface area contributed by atoms with Crippen LogP contribution in [0.15, 0.2) is 54.7 Å². The fraction of sp³-hybridized carbons (Fsp3) is 0.346. The molecule has 3 aromatic rings. The van der Waals surface area contributed by atoms with E-state index in [9.17, 15) is 9.18 Å². The van der Waals surface area contributed by atoms with Crippen molar-refractivity contribution < 1.29 is 9.18 Å². The van der Waals surface area contributed by atoms with Gasteiger partial charge in [-0.25, -0.2) is 4.39 Å². The summed E-state index contributed by atoms with van der Waals surface area (Å²) in [6.45, 7) is 2.11. The van der Waals surface area contributed by atoms with Crippen LogP contribution in [0.25, 0.3) is 10.9 Å². The van der Waals surface area contributed by atoms with Gasteiger partial charge in [0.25, 0.3) is 5.91 Å². The van der Waals surface area contributed by atoms with Gasteiger partial charge in [-0.05, 0) is 98.0 Å². The van der Waals surface area contributed by atoms with Crippen LogP contribution in [0.5, 0.6) is 0 Å². The monoisotopic (exact) mass is 415 g/mol. The van der Waals surface area contributed by atoms with Crippen molar-refractivity contribution in [2.45, 2.75) is 51.0 Å². The van der Waals surface area contributed by atoms with Crippen molar-refractivity contribution in [1.29, 1.82) is 5.26 Å². The van der Waals surface area contributed by atoms with E-state index >= 15 is 0 Å². The normalized spacial score (nSPS) is 19.5. The first-order valence-electron chi connectivity index (χ1n) is 10.9. The molecule has 2 aromatic carbocycles. The van der Waals surface area contributed by atoms with Gasteiger partial charge in [-0.3, -0.25) is 9.78 Å². The van der Waals surface area contributed by atoms with Crippen LogP contribution in [-0.2, 0) is 0 Å². The van der Waals surface area contributed by atoms with Gasteiger partial charge in [-0.1, -0.05) is 6.92 Å². The van der Waals surface area contributed by atoms with Crippen LogP contribution >= 0.6 is 0 Å². The van der Waals surface area contributed by atoms with Gasteiger partial charge in [0, 0.05) is 23.2 Å². The van der Waals surface area contributed by atoms with Crippen molar-refractivity contribution in [3.05, 3.63) is 77.2 Å². The van der Waals surface area contributed by atoms with Crippen LogP contribution in [0.1, 0.15) is 66.4 Å². The molecule has 1 heterocycles. The van der Waals surface area contributed by atoms with Gasteiger partial charge in [-0.2, -0.15) is 5.26 Å². The molecule has 1 atom stereocenters. The minimum atomic E-state index is -0.230. The number of benzene rings is 2. The molecule has 5 heteroatoms. The molecule has 0 aliphatic heterocycles. The highest BCUT2D eigenvalue weighted by Gasteiger charge is 2.29. The van der Waals surface area contributed by atoms with Crippen LogP contribution in [0.4, 0.5) is 4.39 Å². The number of carbonyl (C=O) groups is 1. The first-order chi connectivity index (χ1) is 15.1. The second-order valence-corrected chi connectivity index (χ2v) is 8.35. The Morgan fingerprint density at radius 3 is 2.58 bits per heavy atom. The second kappa shape index (κ2) is 9.26. The smallest absolute Gasteiger partial charge is 0.251 e. The van der Waals surface area contributed by atoms with Crippen molar-refractivity contribution >= 4 is 16.8 Å². The van der Waals surface area contributed by atoms with E-state index in [0.29, 0.717) is 23.0 Å². The third-order valence-electron chi connectivity index (χ3n) is 6.55. The van der Waals surface area contributed by atoms with Crippen molar-refractivity contribution in [2.24, 2.45) is 5.92 Å². The van der Waals surface area contributed by atoms with E-state index in [1.54, 1.807) is 36.4 Å². The third kappa shape index (κ3) is 4.59. The maximum atomic E-state index is 13.8. The summed E-state index contributed by atoms with van der Waals surface area (Å²) in [7, 11) is 0. The second-order valence-electron chi connectivity index (χ2n) is 8.35. The van der Waals surface area contributed by atoms with Gasteiger partial charge in [0.05, 0.1) is 17.1 Å². The summed E-state index contributed by atoms with van der Waals surface area (Å²) in [5.74, 6) is 0.491. The molecule has 31 heavy (non-hydrogen) atoms. The molecule has 4 nitrogen and oxygen atoms in total. The van der Waals surface area contributed by atoms with Crippen molar-refractivity contribution in [3.8, 4) is 6.07 Å². The predicted molar refractivity (Wildman–Crippen MR) is 119 cm³/mol. The fourth-order valence-corrected chi connectivity index (χ4v) is 4.83. The molecule has 0 unspecified atom stereocenters. The van der Waals surface area contributed by atoms with E-state index in [1.807, 2.05) is 12.3 Å². The van der Waals surface area contributed by atoms with Crippen molar-refractivity contribution in [3.63, 3.8) is 0 Å². The van der Waals surface area contributed by atoms with E-state index in [1.165, 1.54) is 11.6 Å². The highest BCUT2D eigenvalue weighted by atomic mass is 19.1. The highest BCUT2D eigenvalue weighted by Crippen LogP contribution is 2.39. The Morgan fingerprint density at radius 1 is 1.16 bits per heavy atom. The number of halogens is 1. The lowest BCUT2D eigenvalue weighted by atomic mass is 9.75. The number of amides is 1. The fourth-order valence-electron chi connectivity index (χ4n) is 4.83. The van der Waals surface area contributed by atoms with Gasteiger partial charge in [0.2, 0.25) is 0 Å². The largest absolute Gasteiger partial charge is 0.349 e. The van der Waals surface area contributed by atoms with Crippen LogP contribution in [0.2, 0.25) is 0 Å². The number of pyridine rings is 1. The van der Waals surface area contributed by atoms with Crippen LogP contribution in [0.3, 0.4) is 0 Å². The minimum absolute atomic E-state index is 0.0888. The Bertz CT molecular complexity index is 1110. The first-order valence-corrected chi connectivity index (χ1v) is 10.9. The summed E-state index contributed by atoms with van der Waals surface area (Å²) in [5.41, 5.74) is 3.14. The third-order valence-corrected chi connectivity index (χ3v) is 6.55. The molecule has 1 aliphatic rings. The lowest BCUT2D eigenvalue weighted by Crippen LogP contribution is -2.41. The molecule has 4 rings (SSSR count). The zero-order valence-corrected chi connectivity index (χ0v) is 17.6. The molecule has 1 amide bonds.